The molecule has 0 bridgehead atoms. The minimum atomic E-state index is -0.0139. The summed E-state index contributed by atoms with van der Waals surface area (Å²) in [7, 11) is 0. The van der Waals surface area contributed by atoms with Crippen LogP contribution in [0.1, 0.15) is 44.9 Å². The lowest BCUT2D eigenvalue weighted by Crippen LogP contribution is -2.46. The Morgan fingerprint density at radius 2 is 2.08 bits per heavy atom. The van der Waals surface area contributed by atoms with Gasteiger partial charge >= 0.3 is 0 Å². The summed E-state index contributed by atoms with van der Waals surface area (Å²) in [4.78, 5) is 26.5. The molecule has 2 N–H and O–H groups in total. The Kier molecular flexibility index (Phi) is 6.49. The van der Waals surface area contributed by atoms with Gasteiger partial charge in [-0.2, -0.15) is 0 Å². The van der Waals surface area contributed by atoms with Gasteiger partial charge < -0.3 is 20.3 Å². The second-order valence-electron chi connectivity index (χ2n) is 7.51. The molecule has 3 atom stereocenters. The summed E-state index contributed by atoms with van der Waals surface area (Å²) >= 11 is 0. The van der Waals surface area contributed by atoms with Gasteiger partial charge in [0, 0.05) is 39.3 Å². The molecular weight excluding hydrogens is 306 g/mol. The van der Waals surface area contributed by atoms with Crippen molar-refractivity contribution >= 4 is 11.8 Å². The number of nitrogens with zero attached hydrogens (tertiary/aromatic N) is 1. The Morgan fingerprint density at radius 1 is 1.17 bits per heavy atom. The molecule has 3 rings (SSSR count). The maximum Gasteiger partial charge on any atom is 0.237 e. The summed E-state index contributed by atoms with van der Waals surface area (Å²) in [6.07, 6.45) is 6.83. The van der Waals surface area contributed by atoms with Crippen molar-refractivity contribution in [3.63, 3.8) is 0 Å². The van der Waals surface area contributed by atoms with Crippen molar-refractivity contribution in [1.82, 2.24) is 15.5 Å². The zero-order valence-electron chi connectivity index (χ0n) is 14.6. The van der Waals surface area contributed by atoms with Crippen molar-refractivity contribution in [3.05, 3.63) is 0 Å². The molecule has 3 saturated heterocycles. The largest absolute Gasteiger partial charge is 0.381 e. The number of amides is 2. The monoisotopic (exact) mass is 337 g/mol. The van der Waals surface area contributed by atoms with E-state index in [4.69, 9.17) is 4.74 Å². The van der Waals surface area contributed by atoms with Crippen LogP contribution in [-0.2, 0) is 14.3 Å². The third kappa shape index (κ3) is 4.93. The lowest BCUT2D eigenvalue weighted by Gasteiger charge is -2.33. The van der Waals surface area contributed by atoms with Crippen molar-refractivity contribution in [2.75, 3.05) is 39.4 Å². The van der Waals surface area contributed by atoms with Crippen molar-refractivity contribution in [2.24, 2.45) is 11.8 Å². The highest BCUT2D eigenvalue weighted by atomic mass is 16.5. The van der Waals surface area contributed by atoms with Crippen LogP contribution in [-0.4, -0.2) is 62.1 Å². The number of hydrogen-bond acceptors (Lipinski definition) is 4. The molecule has 3 unspecified atom stereocenters. The van der Waals surface area contributed by atoms with Crippen LogP contribution in [0, 0.1) is 11.8 Å². The average molecular weight is 337 g/mol. The molecule has 0 aromatic rings. The number of likely N-dealkylation sites (tertiary alicyclic amines) is 1. The van der Waals surface area contributed by atoms with Crippen LogP contribution < -0.4 is 10.6 Å². The summed E-state index contributed by atoms with van der Waals surface area (Å²) in [5.41, 5.74) is 0. The lowest BCUT2D eigenvalue weighted by molar-refractivity contribution is -0.133. The molecular formula is C18H31N3O3. The van der Waals surface area contributed by atoms with Crippen LogP contribution >= 0.6 is 0 Å². The van der Waals surface area contributed by atoms with Gasteiger partial charge in [-0.05, 0) is 56.9 Å². The van der Waals surface area contributed by atoms with Gasteiger partial charge in [-0.15, -0.1) is 0 Å². The molecule has 136 valence electrons. The number of hydrogen-bond donors (Lipinski definition) is 2. The molecule has 0 aromatic heterocycles. The van der Waals surface area contributed by atoms with Crippen LogP contribution in [0.2, 0.25) is 0 Å². The SMILES string of the molecule is O=C(NCC1CCCN(C(=O)CCC2CCOC2)C1)C1CCCN1. The first-order valence-corrected chi connectivity index (χ1v) is 9.59. The van der Waals surface area contributed by atoms with E-state index in [0.717, 1.165) is 71.4 Å². The Morgan fingerprint density at radius 3 is 2.83 bits per heavy atom. The smallest absolute Gasteiger partial charge is 0.237 e. The van der Waals surface area contributed by atoms with Crippen molar-refractivity contribution in [2.45, 2.75) is 51.0 Å². The van der Waals surface area contributed by atoms with E-state index in [1.165, 1.54) is 0 Å². The molecule has 2 amide bonds. The van der Waals surface area contributed by atoms with E-state index in [9.17, 15) is 9.59 Å². The summed E-state index contributed by atoms with van der Waals surface area (Å²) in [5.74, 6) is 1.35. The number of rotatable bonds is 6. The first-order valence-electron chi connectivity index (χ1n) is 9.59. The van der Waals surface area contributed by atoms with Crippen molar-refractivity contribution in [3.8, 4) is 0 Å². The predicted octanol–water partition coefficient (Wildman–Crippen LogP) is 0.910. The first kappa shape index (κ1) is 17.7. The van der Waals surface area contributed by atoms with Gasteiger partial charge in [0.15, 0.2) is 0 Å². The van der Waals surface area contributed by atoms with Crippen LogP contribution in [0.4, 0.5) is 0 Å². The quantitative estimate of drug-likeness (QED) is 0.756. The summed E-state index contributed by atoms with van der Waals surface area (Å²) in [6, 6.07) is -0.0139. The third-order valence-corrected chi connectivity index (χ3v) is 5.60. The van der Waals surface area contributed by atoms with Crippen LogP contribution in [0.15, 0.2) is 0 Å². The first-order chi connectivity index (χ1) is 11.7. The Labute approximate surface area is 144 Å². The highest BCUT2D eigenvalue weighted by Gasteiger charge is 2.27. The van der Waals surface area contributed by atoms with Gasteiger partial charge in [-0.25, -0.2) is 0 Å². The van der Waals surface area contributed by atoms with Gasteiger partial charge in [0.2, 0.25) is 11.8 Å². The molecule has 24 heavy (non-hydrogen) atoms. The Hall–Kier alpha value is -1.14. The van der Waals surface area contributed by atoms with E-state index < -0.39 is 0 Å². The zero-order chi connectivity index (χ0) is 16.8. The summed E-state index contributed by atoms with van der Waals surface area (Å²) in [6.45, 7) is 4.96. The van der Waals surface area contributed by atoms with E-state index in [1.807, 2.05) is 4.90 Å². The number of nitrogens with one attached hydrogen (secondary N) is 2. The molecule has 0 spiro atoms. The number of carbonyl (C=O) groups is 2. The normalized spacial score (nSPS) is 30.5. The van der Waals surface area contributed by atoms with E-state index in [0.29, 0.717) is 24.8 Å². The molecule has 3 aliphatic rings. The molecule has 0 aromatic carbocycles. The molecule has 3 fully saturated rings. The van der Waals surface area contributed by atoms with Crippen LogP contribution in [0.5, 0.6) is 0 Å². The molecule has 0 aliphatic carbocycles. The minimum Gasteiger partial charge on any atom is -0.381 e. The van der Waals surface area contributed by atoms with Gasteiger partial charge in [0.1, 0.15) is 0 Å². The topological polar surface area (TPSA) is 70.7 Å². The fourth-order valence-corrected chi connectivity index (χ4v) is 4.03. The molecule has 0 saturated carbocycles. The Balaban J connectivity index is 1.36. The summed E-state index contributed by atoms with van der Waals surface area (Å²) in [5, 5.41) is 6.30. The fourth-order valence-electron chi connectivity index (χ4n) is 4.03. The minimum absolute atomic E-state index is 0.0139. The molecule has 6 nitrogen and oxygen atoms in total. The molecule has 3 aliphatic heterocycles. The van der Waals surface area contributed by atoms with Crippen LogP contribution in [0.25, 0.3) is 0 Å². The maximum atomic E-state index is 12.4. The van der Waals surface area contributed by atoms with E-state index in [2.05, 4.69) is 10.6 Å². The maximum absolute atomic E-state index is 12.4. The number of ether oxygens (including phenoxy) is 1. The number of piperidine rings is 1. The zero-order valence-corrected chi connectivity index (χ0v) is 14.6. The standard InChI is InChI=1S/C18H31N3O3/c22-17(6-5-14-7-10-24-13-14)21-9-2-3-15(12-21)11-20-18(23)16-4-1-8-19-16/h14-16,19H,1-13H2,(H,20,23). The van der Waals surface area contributed by atoms with E-state index in [1.54, 1.807) is 0 Å². The van der Waals surface area contributed by atoms with Gasteiger partial charge in [-0.1, -0.05) is 0 Å². The van der Waals surface area contributed by atoms with E-state index in [-0.39, 0.29) is 17.9 Å². The molecule has 3 heterocycles. The number of carbonyl (C=O) groups excluding carboxylic acids is 2. The predicted molar refractivity (Wildman–Crippen MR) is 91.5 cm³/mol. The van der Waals surface area contributed by atoms with E-state index >= 15 is 0 Å². The van der Waals surface area contributed by atoms with Crippen LogP contribution in [0.3, 0.4) is 0 Å². The highest BCUT2D eigenvalue weighted by molar-refractivity contribution is 5.82. The average Bonchev–Trinajstić information content (AvgIpc) is 3.31. The van der Waals surface area contributed by atoms with Gasteiger partial charge in [-0.3, -0.25) is 9.59 Å². The second-order valence-corrected chi connectivity index (χ2v) is 7.51. The fraction of sp³-hybridized carbons (Fsp3) is 0.889. The third-order valence-electron chi connectivity index (χ3n) is 5.60. The lowest BCUT2D eigenvalue weighted by atomic mass is 9.96. The highest BCUT2D eigenvalue weighted by Crippen LogP contribution is 2.21. The second kappa shape index (κ2) is 8.81. The molecule has 0 radical (unpaired) electrons. The Bertz CT molecular complexity index is 431. The van der Waals surface area contributed by atoms with Crippen molar-refractivity contribution < 1.29 is 14.3 Å². The van der Waals surface area contributed by atoms with Gasteiger partial charge in [0.25, 0.3) is 0 Å². The summed E-state index contributed by atoms with van der Waals surface area (Å²) < 4.78 is 5.38. The van der Waals surface area contributed by atoms with Gasteiger partial charge in [0.05, 0.1) is 6.04 Å². The molecule has 6 heteroatoms. The van der Waals surface area contributed by atoms with Crippen molar-refractivity contribution in [1.29, 1.82) is 0 Å².